The molecule has 0 spiro atoms. The number of hydrogen-bond acceptors (Lipinski definition) is 4. The molecule has 4 heteroatoms. The van der Waals surface area contributed by atoms with Gasteiger partial charge in [-0.2, -0.15) is 0 Å². The van der Waals surface area contributed by atoms with E-state index < -0.39 is 5.97 Å². The van der Waals surface area contributed by atoms with Crippen LogP contribution >= 0.6 is 0 Å². The van der Waals surface area contributed by atoms with Crippen molar-refractivity contribution in [3.8, 4) is 0 Å². The summed E-state index contributed by atoms with van der Waals surface area (Å²) in [5, 5.41) is 0. The van der Waals surface area contributed by atoms with Crippen LogP contribution in [-0.4, -0.2) is 40.5 Å². The van der Waals surface area contributed by atoms with Gasteiger partial charge in [0.05, 0.1) is 0 Å². The van der Waals surface area contributed by atoms with Crippen LogP contribution in [0.1, 0.15) is 130 Å². The van der Waals surface area contributed by atoms with Gasteiger partial charge in [0, 0.05) is 40.5 Å². The van der Waals surface area contributed by atoms with Gasteiger partial charge < -0.3 is 18.9 Å². The Hall–Kier alpha value is -0.420. The van der Waals surface area contributed by atoms with Crippen LogP contribution in [0.25, 0.3) is 0 Å². The summed E-state index contributed by atoms with van der Waals surface area (Å²) in [5.41, 5.74) is 0. The zero-order chi connectivity index (χ0) is 25.0. The molecule has 0 aromatic carbocycles. The number of unbranched alkanes of at least 4 members (excludes halogenated alkanes) is 12. The minimum Gasteiger partial charge on any atom is -0.381 e. The van der Waals surface area contributed by atoms with E-state index in [1.54, 1.807) is 27.4 Å². The molecule has 0 rings (SSSR count). The topological polar surface area (TPSA) is 36.9 Å². The molecule has 4 nitrogen and oxygen atoms in total. The molecule has 1 atom stereocenters. The van der Waals surface area contributed by atoms with Crippen LogP contribution in [0.15, 0.2) is 12.7 Å². The minimum atomic E-state index is -0.929. The lowest BCUT2D eigenvalue weighted by atomic mass is 9.93. The van der Waals surface area contributed by atoms with Gasteiger partial charge in [0.1, 0.15) is 0 Å². The van der Waals surface area contributed by atoms with Gasteiger partial charge in [0.25, 0.3) is 5.97 Å². The second-order valence-electron chi connectivity index (χ2n) is 9.11. The van der Waals surface area contributed by atoms with Crippen LogP contribution < -0.4 is 0 Å². The summed E-state index contributed by atoms with van der Waals surface area (Å²) in [6.45, 7) is 11.5. The van der Waals surface area contributed by atoms with E-state index in [0.717, 1.165) is 32.5 Å². The molecule has 0 fully saturated rings. The summed E-state index contributed by atoms with van der Waals surface area (Å²) in [7, 11) is 5.04. The van der Waals surface area contributed by atoms with E-state index in [-0.39, 0.29) is 5.92 Å². The first-order valence-corrected chi connectivity index (χ1v) is 13.9. The quantitative estimate of drug-likeness (QED) is 0.0797. The molecule has 0 aliphatic rings. The second-order valence-corrected chi connectivity index (χ2v) is 9.11. The maximum Gasteiger partial charge on any atom is 0.285 e. The molecular weight excluding hydrogens is 412 g/mol. The lowest BCUT2D eigenvalue weighted by Crippen LogP contribution is -2.44. The molecule has 0 heterocycles. The summed E-state index contributed by atoms with van der Waals surface area (Å²) < 4.78 is 22.9. The van der Waals surface area contributed by atoms with E-state index in [4.69, 9.17) is 18.9 Å². The average molecular weight is 473 g/mol. The van der Waals surface area contributed by atoms with Crippen LogP contribution in [0.4, 0.5) is 0 Å². The number of rotatable bonds is 24. The fourth-order valence-corrected chi connectivity index (χ4v) is 4.29. The molecule has 1 unspecified atom stereocenters. The Labute approximate surface area is 208 Å². The lowest BCUT2D eigenvalue weighted by molar-refractivity contribution is -0.380. The number of allylic oxidation sites excluding steroid dienone is 1. The summed E-state index contributed by atoms with van der Waals surface area (Å²) in [6, 6.07) is 0. The molecule has 0 radical (unpaired) electrons. The number of hydrogen-bond donors (Lipinski definition) is 0. The second kappa shape index (κ2) is 27.8. The normalized spacial score (nSPS) is 12.3. The fourth-order valence-electron chi connectivity index (χ4n) is 4.29. The van der Waals surface area contributed by atoms with Crippen molar-refractivity contribution in [1.29, 1.82) is 0 Å². The summed E-state index contributed by atoms with van der Waals surface area (Å²) >= 11 is 0. The highest BCUT2D eigenvalue weighted by molar-refractivity contribution is 4.71. The fraction of sp³-hybridized carbons (Fsp3) is 0.931. The van der Waals surface area contributed by atoms with Crippen molar-refractivity contribution in [3.05, 3.63) is 12.7 Å². The summed E-state index contributed by atoms with van der Waals surface area (Å²) in [6.07, 6.45) is 23.4. The Bertz CT molecular complexity index is 360. The summed E-state index contributed by atoms with van der Waals surface area (Å²) in [5.74, 6) is -0.698. The van der Waals surface area contributed by atoms with Crippen molar-refractivity contribution in [2.75, 3.05) is 34.5 Å². The molecule has 0 amide bonds. The van der Waals surface area contributed by atoms with E-state index in [1.807, 2.05) is 6.92 Å². The van der Waals surface area contributed by atoms with Crippen LogP contribution in [0, 0.1) is 5.92 Å². The Kier molecular flexibility index (Phi) is 29.3. The van der Waals surface area contributed by atoms with Crippen LogP contribution in [0.2, 0.25) is 0 Å². The van der Waals surface area contributed by atoms with Gasteiger partial charge in [0.15, 0.2) is 0 Å². The highest BCUT2D eigenvalue weighted by Gasteiger charge is 2.39. The maximum absolute atomic E-state index is 5.89. The Morgan fingerprint density at radius 1 is 0.606 bits per heavy atom. The van der Waals surface area contributed by atoms with E-state index in [9.17, 15) is 0 Å². The van der Waals surface area contributed by atoms with Gasteiger partial charge >= 0.3 is 0 Å². The molecule has 0 aromatic heterocycles. The van der Waals surface area contributed by atoms with Crippen LogP contribution in [0.5, 0.6) is 0 Å². The number of ether oxygens (including phenoxy) is 4. The highest BCUT2D eigenvalue weighted by Crippen LogP contribution is 2.32. The van der Waals surface area contributed by atoms with Gasteiger partial charge in [-0.05, 0) is 32.6 Å². The predicted molar refractivity (Wildman–Crippen MR) is 144 cm³/mol. The molecular formula is C29H60O4. The molecule has 0 aliphatic heterocycles. The highest BCUT2D eigenvalue weighted by atomic mass is 16.9. The van der Waals surface area contributed by atoms with E-state index in [0.29, 0.717) is 0 Å². The third-order valence-corrected chi connectivity index (χ3v) is 6.24. The molecule has 0 bridgehead atoms. The van der Waals surface area contributed by atoms with Crippen molar-refractivity contribution < 1.29 is 18.9 Å². The van der Waals surface area contributed by atoms with Gasteiger partial charge in [-0.1, -0.05) is 103 Å². The standard InChI is InChI=1S/C26H54O4.C3H6/c1-6-8-10-12-14-15-17-19-23-30-24-20-22-25(26(27-3,28-4)29-5)21-18-16-13-11-9-7-2;1-3-2/h25H,6-24H2,1-5H3;3H,1H2,2H3. The maximum atomic E-state index is 5.89. The zero-order valence-electron chi connectivity index (χ0n) is 23.4. The van der Waals surface area contributed by atoms with Crippen molar-refractivity contribution in [2.45, 2.75) is 136 Å². The minimum absolute atomic E-state index is 0.232. The van der Waals surface area contributed by atoms with Gasteiger partial charge in [-0.15, -0.1) is 6.58 Å². The average Bonchev–Trinajstić information content (AvgIpc) is 2.83. The van der Waals surface area contributed by atoms with E-state index in [2.05, 4.69) is 20.4 Å². The largest absolute Gasteiger partial charge is 0.381 e. The Morgan fingerprint density at radius 3 is 1.42 bits per heavy atom. The SMILES string of the molecule is C=CC.CCCCCCCCCCOCCCC(CCCCCCCC)C(OC)(OC)OC. The third-order valence-electron chi connectivity index (χ3n) is 6.24. The van der Waals surface area contributed by atoms with Crippen molar-refractivity contribution in [1.82, 2.24) is 0 Å². The monoisotopic (exact) mass is 472 g/mol. The van der Waals surface area contributed by atoms with Gasteiger partial charge in [0.2, 0.25) is 0 Å². The predicted octanol–water partition coefficient (Wildman–Crippen LogP) is 9.08. The smallest absolute Gasteiger partial charge is 0.285 e. The third kappa shape index (κ3) is 20.7. The molecule has 33 heavy (non-hydrogen) atoms. The van der Waals surface area contributed by atoms with Gasteiger partial charge in [-0.3, -0.25) is 0 Å². The molecule has 0 saturated carbocycles. The van der Waals surface area contributed by atoms with E-state index >= 15 is 0 Å². The first kappa shape index (κ1) is 34.7. The zero-order valence-corrected chi connectivity index (χ0v) is 23.4. The lowest BCUT2D eigenvalue weighted by Gasteiger charge is -2.36. The first-order valence-electron chi connectivity index (χ1n) is 13.9. The summed E-state index contributed by atoms with van der Waals surface area (Å²) in [4.78, 5) is 0. The molecule has 0 saturated heterocycles. The van der Waals surface area contributed by atoms with E-state index in [1.165, 1.54) is 89.9 Å². The van der Waals surface area contributed by atoms with Crippen molar-refractivity contribution in [2.24, 2.45) is 5.92 Å². The molecule has 200 valence electrons. The van der Waals surface area contributed by atoms with Crippen LogP contribution in [0.3, 0.4) is 0 Å². The number of methoxy groups -OCH3 is 3. The first-order chi connectivity index (χ1) is 16.1. The van der Waals surface area contributed by atoms with Crippen molar-refractivity contribution in [3.63, 3.8) is 0 Å². The Morgan fingerprint density at radius 2 is 0.970 bits per heavy atom. The van der Waals surface area contributed by atoms with Crippen molar-refractivity contribution >= 4 is 0 Å². The molecule has 0 aliphatic carbocycles. The molecule has 0 aromatic rings. The molecule has 0 N–H and O–H groups in total. The van der Waals surface area contributed by atoms with Gasteiger partial charge in [-0.25, -0.2) is 0 Å². The van der Waals surface area contributed by atoms with Crippen LogP contribution in [-0.2, 0) is 18.9 Å². The Balaban J connectivity index is 0.